The highest BCUT2D eigenvalue weighted by molar-refractivity contribution is 7.68. The minimum Gasteiger partial charge on any atom is -0.0636 e. The summed E-state index contributed by atoms with van der Waals surface area (Å²) in [6, 6.07) is 14.3. The SMILES string of the molecule is CC(C)c1cc(C(C)C)c(C(C)C)cc1-c1ccccc1P(C(C)(C)C)C(C)(C)C. The zero-order chi connectivity index (χ0) is 23.0. The second-order valence-corrected chi connectivity index (χ2v) is 15.6. The van der Waals surface area contributed by atoms with Crippen LogP contribution < -0.4 is 5.30 Å². The summed E-state index contributed by atoms with van der Waals surface area (Å²) in [5.41, 5.74) is 7.43. The van der Waals surface area contributed by atoms with Crippen LogP contribution in [0.1, 0.15) is 118 Å². The van der Waals surface area contributed by atoms with E-state index in [2.05, 4.69) is 119 Å². The summed E-state index contributed by atoms with van der Waals surface area (Å²) in [7, 11) is -0.359. The highest BCUT2D eigenvalue weighted by Gasteiger charge is 2.37. The highest BCUT2D eigenvalue weighted by atomic mass is 31.1. The van der Waals surface area contributed by atoms with E-state index in [1.165, 1.54) is 27.8 Å². The molecule has 0 aliphatic rings. The van der Waals surface area contributed by atoms with E-state index < -0.39 is 0 Å². The maximum Gasteiger partial charge on any atom is -0.0104 e. The third-order valence-corrected chi connectivity index (χ3v) is 9.45. The van der Waals surface area contributed by atoms with Gasteiger partial charge < -0.3 is 0 Å². The molecule has 0 unspecified atom stereocenters. The lowest BCUT2D eigenvalue weighted by atomic mass is 9.82. The van der Waals surface area contributed by atoms with Crippen molar-refractivity contribution in [2.45, 2.75) is 111 Å². The van der Waals surface area contributed by atoms with Gasteiger partial charge in [0, 0.05) is 0 Å². The second-order valence-electron chi connectivity index (χ2n) is 11.7. The Bertz CT molecular complexity index is 843. The molecule has 0 aromatic heterocycles. The minimum absolute atomic E-state index is 0.250. The van der Waals surface area contributed by atoms with Crippen molar-refractivity contribution in [2.24, 2.45) is 0 Å². The van der Waals surface area contributed by atoms with E-state index in [4.69, 9.17) is 0 Å². The molecule has 0 saturated carbocycles. The molecule has 0 amide bonds. The summed E-state index contributed by atoms with van der Waals surface area (Å²) in [4.78, 5) is 0. The summed E-state index contributed by atoms with van der Waals surface area (Å²) in [5.74, 6) is 1.58. The van der Waals surface area contributed by atoms with E-state index in [0.29, 0.717) is 17.8 Å². The molecule has 0 atom stereocenters. The van der Waals surface area contributed by atoms with Crippen LogP contribution in [-0.4, -0.2) is 10.3 Å². The first kappa shape index (κ1) is 25.1. The zero-order valence-corrected chi connectivity index (χ0v) is 22.5. The van der Waals surface area contributed by atoms with E-state index >= 15 is 0 Å². The van der Waals surface area contributed by atoms with Crippen molar-refractivity contribution in [3.05, 3.63) is 53.1 Å². The minimum atomic E-state index is -0.359. The van der Waals surface area contributed by atoms with Crippen LogP contribution in [-0.2, 0) is 0 Å². The topological polar surface area (TPSA) is 0 Å². The standard InChI is InChI=1S/C29H45P/c1-19(2)23-17-25(21(5)6)26(18-24(23)20(3)4)22-15-13-14-16-27(22)30(28(7,8)9)29(10,11)12/h13-21H,1-12H3. The lowest BCUT2D eigenvalue weighted by Crippen LogP contribution is -2.32. The Kier molecular flexibility index (Phi) is 7.67. The average molecular weight is 425 g/mol. The van der Waals surface area contributed by atoms with Crippen molar-refractivity contribution in [2.75, 3.05) is 0 Å². The number of hydrogen-bond acceptors (Lipinski definition) is 0. The van der Waals surface area contributed by atoms with Gasteiger partial charge in [0.25, 0.3) is 0 Å². The summed E-state index contributed by atoms with van der Waals surface area (Å²) in [5, 5.41) is 2.06. The van der Waals surface area contributed by atoms with E-state index in [0.717, 1.165) is 0 Å². The Balaban J connectivity index is 2.90. The van der Waals surface area contributed by atoms with Gasteiger partial charge in [-0.3, -0.25) is 0 Å². The van der Waals surface area contributed by atoms with Gasteiger partial charge in [0.15, 0.2) is 0 Å². The lowest BCUT2D eigenvalue weighted by molar-refractivity contribution is 0.715. The lowest BCUT2D eigenvalue weighted by Gasteiger charge is -2.43. The van der Waals surface area contributed by atoms with Gasteiger partial charge in [-0.15, -0.1) is 0 Å². The maximum atomic E-state index is 2.53. The summed E-state index contributed by atoms with van der Waals surface area (Å²) in [6.07, 6.45) is 0. The monoisotopic (exact) mass is 424 g/mol. The molecule has 0 spiro atoms. The van der Waals surface area contributed by atoms with Crippen molar-refractivity contribution < 1.29 is 0 Å². The third-order valence-electron chi connectivity index (χ3n) is 5.90. The summed E-state index contributed by atoms with van der Waals surface area (Å²) in [6.45, 7) is 28.6. The van der Waals surface area contributed by atoms with E-state index in [1.54, 1.807) is 5.30 Å². The molecule has 1 heteroatoms. The predicted octanol–water partition coefficient (Wildman–Crippen LogP) is 9.43. The molecule has 166 valence electrons. The molecule has 30 heavy (non-hydrogen) atoms. The third kappa shape index (κ3) is 5.37. The van der Waals surface area contributed by atoms with Crippen LogP contribution in [0.5, 0.6) is 0 Å². The fourth-order valence-corrected chi connectivity index (χ4v) is 9.12. The van der Waals surface area contributed by atoms with Crippen LogP contribution in [0, 0.1) is 0 Å². The molecule has 2 aromatic rings. The molecular formula is C29H45P. The largest absolute Gasteiger partial charge is 0.0636 e. The van der Waals surface area contributed by atoms with Crippen molar-refractivity contribution >= 4 is 13.2 Å². The Labute approximate surface area is 188 Å². The normalized spacial score (nSPS) is 13.2. The fraction of sp³-hybridized carbons (Fsp3) is 0.586. The Morgan fingerprint density at radius 3 is 1.43 bits per heavy atom. The van der Waals surface area contributed by atoms with Gasteiger partial charge in [-0.1, -0.05) is 127 Å². The second kappa shape index (κ2) is 9.16. The Morgan fingerprint density at radius 1 is 0.567 bits per heavy atom. The predicted molar refractivity (Wildman–Crippen MR) is 140 cm³/mol. The van der Waals surface area contributed by atoms with Crippen molar-refractivity contribution in [3.63, 3.8) is 0 Å². The van der Waals surface area contributed by atoms with Gasteiger partial charge in [0.2, 0.25) is 0 Å². The summed E-state index contributed by atoms with van der Waals surface area (Å²) < 4.78 is 0. The molecule has 0 N–H and O–H groups in total. The van der Waals surface area contributed by atoms with Crippen molar-refractivity contribution in [1.29, 1.82) is 0 Å². The van der Waals surface area contributed by atoms with Gasteiger partial charge in [-0.2, -0.15) is 0 Å². The number of rotatable bonds is 5. The molecule has 0 saturated heterocycles. The maximum absolute atomic E-state index is 2.53. The van der Waals surface area contributed by atoms with Crippen LogP contribution in [0.25, 0.3) is 11.1 Å². The van der Waals surface area contributed by atoms with Crippen LogP contribution in [0.2, 0.25) is 0 Å². The van der Waals surface area contributed by atoms with Crippen LogP contribution >= 0.6 is 7.92 Å². The molecule has 0 heterocycles. The Hall–Kier alpha value is -1.13. The Morgan fingerprint density at radius 2 is 1.00 bits per heavy atom. The van der Waals surface area contributed by atoms with Crippen LogP contribution in [0.15, 0.2) is 36.4 Å². The van der Waals surface area contributed by atoms with Crippen molar-refractivity contribution in [3.8, 4) is 11.1 Å². The molecule has 0 nitrogen and oxygen atoms in total. The quantitative estimate of drug-likeness (QED) is 0.419. The molecule has 2 aromatic carbocycles. The average Bonchev–Trinajstić information content (AvgIpc) is 2.58. The fourth-order valence-electron chi connectivity index (χ4n) is 4.99. The smallest absolute Gasteiger partial charge is 0.0104 e. The molecule has 0 fully saturated rings. The van der Waals surface area contributed by atoms with Crippen LogP contribution in [0.3, 0.4) is 0 Å². The molecule has 2 rings (SSSR count). The first-order valence-corrected chi connectivity index (χ1v) is 13.1. The van der Waals surface area contributed by atoms with E-state index in [1.807, 2.05) is 0 Å². The van der Waals surface area contributed by atoms with E-state index in [9.17, 15) is 0 Å². The first-order valence-electron chi connectivity index (χ1n) is 11.7. The number of hydrogen-bond donors (Lipinski definition) is 0. The zero-order valence-electron chi connectivity index (χ0n) is 21.6. The first-order chi connectivity index (χ1) is 13.7. The van der Waals surface area contributed by atoms with Gasteiger partial charge >= 0.3 is 0 Å². The molecular weight excluding hydrogens is 379 g/mol. The molecule has 0 bridgehead atoms. The van der Waals surface area contributed by atoms with Crippen LogP contribution in [0.4, 0.5) is 0 Å². The number of benzene rings is 2. The molecule has 0 aliphatic heterocycles. The van der Waals surface area contributed by atoms with Gasteiger partial charge in [-0.25, -0.2) is 0 Å². The van der Waals surface area contributed by atoms with Gasteiger partial charge in [0.1, 0.15) is 0 Å². The highest BCUT2D eigenvalue weighted by Crippen LogP contribution is 2.59. The summed E-state index contributed by atoms with van der Waals surface area (Å²) >= 11 is 0. The van der Waals surface area contributed by atoms with Gasteiger partial charge in [0.05, 0.1) is 0 Å². The van der Waals surface area contributed by atoms with Gasteiger partial charge in [-0.05, 0) is 61.2 Å². The molecule has 0 radical (unpaired) electrons. The molecule has 0 aliphatic carbocycles. The van der Waals surface area contributed by atoms with Crippen molar-refractivity contribution in [1.82, 2.24) is 0 Å². The van der Waals surface area contributed by atoms with E-state index in [-0.39, 0.29) is 18.2 Å².